The first-order valence-electron chi connectivity index (χ1n) is 7.13. The standard InChI is InChI=1S/C19H19NO2S/c1-14(2)19(21)20-18(15-7-5-4-6-8-15)13-23-17-11-9-16(22-3)10-12-17/h4-13H,1H2,2-3H3,(H,20,21)/b18-13-. The Morgan fingerprint density at radius 2 is 1.78 bits per heavy atom. The predicted octanol–water partition coefficient (Wildman–Crippen LogP) is 4.48. The second-order valence-electron chi connectivity index (χ2n) is 4.93. The average Bonchev–Trinajstić information content (AvgIpc) is 2.59. The SMILES string of the molecule is C=C(C)C(=O)N/C(=C\Sc1ccc(OC)cc1)c1ccccc1. The monoisotopic (exact) mass is 325 g/mol. The minimum absolute atomic E-state index is 0.185. The molecule has 2 rings (SSSR count). The minimum atomic E-state index is -0.185. The van der Waals surface area contributed by atoms with Gasteiger partial charge in [0.2, 0.25) is 0 Å². The molecule has 0 atom stereocenters. The third-order valence-corrected chi connectivity index (χ3v) is 3.99. The van der Waals surface area contributed by atoms with E-state index in [2.05, 4.69) is 11.9 Å². The molecule has 0 aliphatic rings. The molecule has 0 unspecified atom stereocenters. The second kappa shape index (κ2) is 8.25. The van der Waals surface area contributed by atoms with Gasteiger partial charge in [0.25, 0.3) is 5.91 Å². The lowest BCUT2D eigenvalue weighted by molar-refractivity contribution is -0.116. The van der Waals surface area contributed by atoms with Gasteiger partial charge in [0, 0.05) is 15.9 Å². The van der Waals surface area contributed by atoms with E-state index in [1.165, 1.54) is 11.8 Å². The molecule has 0 aliphatic heterocycles. The lowest BCUT2D eigenvalue weighted by Crippen LogP contribution is -2.22. The first-order valence-corrected chi connectivity index (χ1v) is 8.01. The summed E-state index contributed by atoms with van der Waals surface area (Å²) >= 11 is 1.53. The maximum atomic E-state index is 11.9. The lowest BCUT2D eigenvalue weighted by Gasteiger charge is -2.10. The molecule has 4 heteroatoms. The number of thioether (sulfide) groups is 1. The minimum Gasteiger partial charge on any atom is -0.497 e. The molecule has 3 nitrogen and oxygen atoms in total. The van der Waals surface area contributed by atoms with Crippen molar-refractivity contribution in [3.05, 3.63) is 77.7 Å². The van der Waals surface area contributed by atoms with Gasteiger partial charge in [-0.15, -0.1) is 0 Å². The van der Waals surface area contributed by atoms with Crippen LogP contribution in [0.5, 0.6) is 5.75 Å². The Balaban J connectivity index is 2.21. The Hall–Kier alpha value is -2.46. The highest BCUT2D eigenvalue weighted by Crippen LogP contribution is 2.25. The fourth-order valence-electron chi connectivity index (χ4n) is 1.80. The van der Waals surface area contributed by atoms with Gasteiger partial charge in [-0.05, 0) is 36.8 Å². The largest absolute Gasteiger partial charge is 0.497 e. The number of rotatable bonds is 6. The van der Waals surface area contributed by atoms with Crippen molar-refractivity contribution >= 4 is 23.4 Å². The normalized spacial score (nSPS) is 11.0. The Bertz CT molecular complexity index is 706. The van der Waals surface area contributed by atoms with Gasteiger partial charge in [-0.3, -0.25) is 4.79 Å². The first kappa shape index (κ1) is 16.9. The van der Waals surface area contributed by atoms with E-state index in [1.807, 2.05) is 60.0 Å². The fraction of sp³-hybridized carbons (Fsp3) is 0.105. The molecule has 2 aromatic rings. The van der Waals surface area contributed by atoms with Crippen molar-refractivity contribution in [3.8, 4) is 5.75 Å². The van der Waals surface area contributed by atoms with Gasteiger partial charge >= 0.3 is 0 Å². The van der Waals surface area contributed by atoms with Crippen molar-refractivity contribution in [2.45, 2.75) is 11.8 Å². The molecule has 1 N–H and O–H groups in total. The third-order valence-electron chi connectivity index (χ3n) is 3.09. The van der Waals surface area contributed by atoms with Crippen LogP contribution < -0.4 is 10.1 Å². The highest BCUT2D eigenvalue weighted by molar-refractivity contribution is 8.02. The van der Waals surface area contributed by atoms with Crippen molar-refractivity contribution in [2.75, 3.05) is 7.11 Å². The van der Waals surface area contributed by atoms with E-state index in [9.17, 15) is 4.79 Å². The van der Waals surface area contributed by atoms with Crippen LogP contribution in [0.2, 0.25) is 0 Å². The van der Waals surface area contributed by atoms with Crippen molar-refractivity contribution in [2.24, 2.45) is 0 Å². The molecule has 23 heavy (non-hydrogen) atoms. The topological polar surface area (TPSA) is 38.3 Å². The Morgan fingerprint density at radius 3 is 2.35 bits per heavy atom. The van der Waals surface area contributed by atoms with Crippen molar-refractivity contribution in [1.82, 2.24) is 5.32 Å². The number of carbonyl (C=O) groups is 1. The van der Waals surface area contributed by atoms with Crippen LogP contribution in [0.3, 0.4) is 0 Å². The average molecular weight is 325 g/mol. The van der Waals surface area contributed by atoms with E-state index in [1.54, 1.807) is 14.0 Å². The maximum absolute atomic E-state index is 11.9. The van der Waals surface area contributed by atoms with Crippen LogP contribution in [0.15, 0.2) is 77.1 Å². The molecule has 0 heterocycles. The van der Waals surface area contributed by atoms with Crippen LogP contribution in [0.4, 0.5) is 0 Å². The second-order valence-corrected chi connectivity index (χ2v) is 5.87. The summed E-state index contributed by atoms with van der Waals surface area (Å²) in [5.41, 5.74) is 2.17. The number of hydrogen-bond acceptors (Lipinski definition) is 3. The zero-order valence-electron chi connectivity index (χ0n) is 13.2. The number of nitrogens with one attached hydrogen (secondary N) is 1. The number of carbonyl (C=O) groups excluding carboxylic acids is 1. The number of hydrogen-bond donors (Lipinski definition) is 1. The molecule has 2 aromatic carbocycles. The Kier molecular flexibility index (Phi) is 6.06. The van der Waals surface area contributed by atoms with E-state index < -0.39 is 0 Å². The van der Waals surface area contributed by atoms with E-state index in [0.29, 0.717) is 5.57 Å². The van der Waals surface area contributed by atoms with Crippen molar-refractivity contribution in [1.29, 1.82) is 0 Å². The summed E-state index contributed by atoms with van der Waals surface area (Å²) in [5.74, 6) is 0.632. The van der Waals surface area contributed by atoms with Gasteiger partial charge in [0.15, 0.2) is 0 Å². The van der Waals surface area contributed by atoms with Gasteiger partial charge < -0.3 is 10.1 Å². The highest BCUT2D eigenvalue weighted by Gasteiger charge is 2.07. The zero-order valence-corrected chi connectivity index (χ0v) is 14.0. The van der Waals surface area contributed by atoms with Crippen LogP contribution in [-0.2, 0) is 4.79 Å². The summed E-state index contributed by atoms with van der Waals surface area (Å²) in [6.07, 6.45) is 0. The smallest absolute Gasteiger partial charge is 0.250 e. The summed E-state index contributed by atoms with van der Waals surface area (Å²) < 4.78 is 5.15. The maximum Gasteiger partial charge on any atom is 0.250 e. The van der Waals surface area contributed by atoms with Crippen LogP contribution in [-0.4, -0.2) is 13.0 Å². The molecular formula is C19H19NO2S. The summed E-state index contributed by atoms with van der Waals surface area (Å²) in [4.78, 5) is 13.0. The number of methoxy groups -OCH3 is 1. The Morgan fingerprint density at radius 1 is 1.13 bits per heavy atom. The van der Waals surface area contributed by atoms with Crippen LogP contribution >= 0.6 is 11.8 Å². The van der Waals surface area contributed by atoms with Crippen LogP contribution in [0, 0.1) is 0 Å². The Labute approximate surface area is 141 Å². The van der Waals surface area contributed by atoms with Crippen molar-refractivity contribution < 1.29 is 9.53 Å². The van der Waals surface area contributed by atoms with Crippen molar-refractivity contribution in [3.63, 3.8) is 0 Å². The van der Waals surface area contributed by atoms with Gasteiger partial charge in [-0.1, -0.05) is 48.7 Å². The third kappa shape index (κ3) is 5.04. The molecule has 0 bridgehead atoms. The first-order chi connectivity index (χ1) is 11.1. The molecule has 0 saturated carbocycles. The zero-order chi connectivity index (χ0) is 16.7. The molecule has 0 radical (unpaired) electrons. The summed E-state index contributed by atoms with van der Waals surface area (Å²) in [6.45, 7) is 5.37. The molecule has 0 aliphatic carbocycles. The summed E-state index contributed by atoms with van der Waals surface area (Å²) in [5, 5.41) is 4.83. The van der Waals surface area contributed by atoms with E-state index in [4.69, 9.17) is 4.74 Å². The molecule has 0 fully saturated rings. The van der Waals surface area contributed by atoms with Gasteiger partial charge in [0.05, 0.1) is 12.8 Å². The van der Waals surface area contributed by atoms with E-state index in [0.717, 1.165) is 21.9 Å². The molecule has 118 valence electrons. The van der Waals surface area contributed by atoms with E-state index in [-0.39, 0.29) is 5.91 Å². The van der Waals surface area contributed by atoms with Crippen LogP contribution in [0.1, 0.15) is 12.5 Å². The van der Waals surface area contributed by atoms with Gasteiger partial charge in [0.1, 0.15) is 5.75 Å². The summed E-state index contributed by atoms with van der Waals surface area (Å²) in [7, 11) is 1.64. The molecular weight excluding hydrogens is 306 g/mol. The van der Waals surface area contributed by atoms with Crippen LogP contribution in [0.25, 0.3) is 5.70 Å². The number of benzene rings is 2. The highest BCUT2D eigenvalue weighted by atomic mass is 32.2. The predicted molar refractivity (Wildman–Crippen MR) is 96.2 cm³/mol. The van der Waals surface area contributed by atoms with E-state index >= 15 is 0 Å². The number of amides is 1. The van der Waals surface area contributed by atoms with Gasteiger partial charge in [-0.25, -0.2) is 0 Å². The summed E-state index contributed by atoms with van der Waals surface area (Å²) in [6, 6.07) is 17.5. The molecule has 0 saturated heterocycles. The molecule has 0 spiro atoms. The fourth-order valence-corrected chi connectivity index (χ4v) is 2.54. The lowest BCUT2D eigenvalue weighted by atomic mass is 10.1. The quantitative estimate of drug-likeness (QED) is 0.629. The van der Waals surface area contributed by atoms with Gasteiger partial charge in [-0.2, -0.15) is 0 Å². The molecule has 0 aromatic heterocycles. The molecule has 1 amide bonds. The number of ether oxygens (including phenoxy) is 1.